The molecular weight excluding hydrogens is 308 g/mol. The van der Waals surface area contributed by atoms with E-state index in [2.05, 4.69) is 0 Å². The molecule has 2 heterocycles. The van der Waals surface area contributed by atoms with Crippen molar-refractivity contribution in [1.29, 1.82) is 0 Å². The van der Waals surface area contributed by atoms with Crippen LogP contribution in [0.25, 0.3) is 0 Å². The van der Waals surface area contributed by atoms with Gasteiger partial charge in [0.1, 0.15) is 0 Å². The predicted molar refractivity (Wildman–Crippen MR) is 87.8 cm³/mol. The Morgan fingerprint density at radius 3 is 2.33 bits per heavy atom. The van der Waals surface area contributed by atoms with Gasteiger partial charge >= 0.3 is 17.8 Å². The molecule has 128 valence electrons. The third kappa shape index (κ3) is 3.42. The number of piperidine rings is 1. The molecular formula is C18H22N2O4. The fourth-order valence-electron chi connectivity index (χ4n) is 3.55. The van der Waals surface area contributed by atoms with E-state index >= 15 is 0 Å². The fourth-order valence-corrected chi connectivity index (χ4v) is 3.55. The standard InChI is InChI=1S/C18H22N2O4/c21-16(19-8-1-2-9-19)17(22)20-10-4-7-15(12-20)13-5-3-6-14(11-13)18(23)24/h3,5-6,11,15H,1-2,4,7-10,12H2,(H,23,24)/t15-/m1/s1. The van der Waals surface area contributed by atoms with E-state index in [4.69, 9.17) is 5.11 Å². The minimum Gasteiger partial charge on any atom is -0.478 e. The van der Waals surface area contributed by atoms with E-state index in [1.54, 1.807) is 28.0 Å². The summed E-state index contributed by atoms with van der Waals surface area (Å²) in [5, 5.41) is 9.13. The van der Waals surface area contributed by atoms with Crippen LogP contribution in [-0.4, -0.2) is 58.9 Å². The minimum absolute atomic E-state index is 0.0772. The van der Waals surface area contributed by atoms with Crippen molar-refractivity contribution in [3.05, 3.63) is 35.4 Å². The van der Waals surface area contributed by atoms with Crippen molar-refractivity contribution in [3.8, 4) is 0 Å². The van der Waals surface area contributed by atoms with Gasteiger partial charge in [-0.05, 0) is 43.4 Å². The van der Waals surface area contributed by atoms with Gasteiger partial charge in [-0.15, -0.1) is 0 Å². The summed E-state index contributed by atoms with van der Waals surface area (Å²) in [5.41, 5.74) is 1.17. The van der Waals surface area contributed by atoms with Gasteiger partial charge in [0.25, 0.3) is 0 Å². The Balaban J connectivity index is 1.69. The highest BCUT2D eigenvalue weighted by molar-refractivity contribution is 6.35. The normalized spacial score (nSPS) is 20.9. The Hall–Kier alpha value is -2.37. The van der Waals surface area contributed by atoms with Crippen LogP contribution in [0, 0.1) is 0 Å². The zero-order chi connectivity index (χ0) is 17.1. The average Bonchev–Trinajstić information content (AvgIpc) is 3.15. The summed E-state index contributed by atoms with van der Waals surface area (Å²) in [6.07, 6.45) is 3.64. The van der Waals surface area contributed by atoms with Crippen molar-refractivity contribution in [2.24, 2.45) is 0 Å². The summed E-state index contributed by atoms with van der Waals surface area (Å²) in [7, 11) is 0. The maximum atomic E-state index is 12.5. The Labute approximate surface area is 141 Å². The molecule has 2 aliphatic rings. The molecule has 0 aliphatic carbocycles. The molecule has 2 amide bonds. The second kappa shape index (κ2) is 7.03. The Bertz CT molecular complexity index is 652. The molecule has 3 rings (SSSR count). The SMILES string of the molecule is O=C(O)c1cccc([C@@H]2CCCN(C(=O)C(=O)N3CCCC3)C2)c1. The van der Waals surface area contributed by atoms with Crippen LogP contribution >= 0.6 is 0 Å². The second-order valence-electron chi connectivity index (χ2n) is 6.52. The second-order valence-corrected chi connectivity index (χ2v) is 6.52. The van der Waals surface area contributed by atoms with Crippen LogP contribution < -0.4 is 0 Å². The molecule has 0 unspecified atom stereocenters. The van der Waals surface area contributed by atoms with E-state index in [1.165, 1.54) is 0 Å². The summed E-state index contributed by atoms with van der Waals surface area (Å²) < 4.78 is 0. The number of carbonyl (C=O) groups is 3. The first-order chi connectivity index (χ1) is 11.6. The number of nitrogens with zero attached hydrogens (tertiary/aromatic N) is 2. The quantitative estimate of drug-likeness (QED) is 0.838. The number of carbonyl (C=O) groups excluding carboxylic acids is 2. The number of benzene rings is 1. The molecule has 1 aromatic rings. The highest BCUT2D eigenvalue weighted by atomic mass is 16.4. The van der Waals surface area contributed by atoms with Crippen molar-refractivity contribution >= 4 is 17.8 Å². The van der Waals surface area contributed by atoms with Gasteiger partial charge in [0.2, 0.25) is 0 Å². The van der Waals surface area contributed by atoms with Gasteiger partial charge in [0.05, 0.1) is 5.56 Å². The van der Waals surface area contributed by atoms with Gasteiger partial charge in [-0.25, -0.2) is 4.79 Å². The number of carboxylic acid groups (broad SMARTS) is 1. The summed E-state index contributed by atoms with van der Waals surface area (Å²) >= 11 is 0. The molecule has 1 N–H and O–H groups in total. The van der Waals surface area contributed by atoms with Crippen molar-refractivity contribution in [1.82, 2.24) is 9.80 Å². The number of hydrogen-bond acceptors (Lipinski definition) is 3. The molecule has 1 atom stereocenters. The van der Waals surface area contributed by atoms with Crippen LogP contribution in [0.5, 0.6) is 0 Å². The third-order valence-electron chi connectivity index (χ3n) is 4.89. The monoisotopic (exact) mass is 330 g/mol. The van der Waals surface area contributed by atoms with Gasteiger partial charge in [-0.3, -0.25) is 9.59 Å². The minimum atomic E-state index is -0.954. The lowest BCUT2D eigenvalue weighted by Gasteiger charge is -2.33. The van der Waals surface area contributed by atoms with E-state index < -0.39 is 17.8 Å². The molecule has 0 aromatic heterocycles. The first-order valence-corrected chi connectivity index (χ1v) is 8.47. The average molecular weight is 330 g/mol. The van der Waals surface area contributed by atoms with Crippen LogP contribution in [-0.2, 0) is 9.59 Å². The zero-order valence-corrected chi connectivity index (χ0v) is 13.6. The maximum Gasteiger partial charge on any atom is 0.335 e. The Kier molecular flexibility index (Phi) is 4.83. The van der Waals surface area contributed by atoms with E-state index in [0.29, 0.717) is 26.2 Å². The fraction of sp³-hybridized carbons (Fsp3) is 0.500. The molecule has 0 saturated carbocycles. The lowest BCUT2D eigenvalue weighted by molar-refractivity contribution is -0.151. The van der Waals surface area contributed by atoms with Gasteiger partial charge in [-0.1, -0.05) is 12.1 Å². The lowest BCUT2D eigenvalue weighted by atomic mass is 9.89. The first-order valence-electron chi connectivity index (χ1n) is 8.47. The third-order valence-corrected chi connectivity index (χ3v) is 4.89. The van der Waals surface area contributed by atoms with Gasteiger partial charge < -0.3 is 14.9 Å². The number of hydrogen-bond donors (Lipinski definition) is 1. The van der Waals surface area contributed by atoms with E-state index in [0.717, 1.165) is 31.2 Å². The molecule has 24 heavy (non-hydrogen) atoms. The van der Waals surface area contributed by atoms with E-state index in [9.17, 15) is 14.4 Å². The lowest BCUT2D eigenvalue weighted by Crippen LogP contribution is -2.47. The highest BCUT2D eigenvalue weighted by Gasteiger charge is 2.32. The molecule has 2 fully saturated rings. The van der Waals surface area contributed by atoms with Crippen LogP contribution in [0.1, 0.15) is 47.5 Å². The largest absolute Gasteiger partial charge is 0.478 e. The Morgan fingerprint density at radius 2 is 1.62 bits per heavy atom. The van der Waals surface area contributed by atoms with Crippen LogP contribution in [0.4, 0.5) is 0 Å². The predicted octanol–water partition coefficient (Wildman–Crippen LogP) is 1.71. The van der Waals surface area contributed by atoms with Crippen molar-refractivity contribution < 1.29 is 19.5 Å². The molecule has 2 saturated heterocycles. The molecule has 6 nitrogen and oxygen atoms in total. The van der Waals surface area contributed by atoms with E-state index in [-0.39, 0.29) is 11.5 Å². The molecule has 0 bridgehead atoms. The van der Waals surface area contributed by atoms with Gasteiger partial charge in [0, 0.05) is 32.1 Å². The van der Waals surface area contributed by atoms with Crippen molar-refractivity contribution in [3.63, 3.8) is 0 Å². The number of rotatable bonds is 2. The zero-order valence-electron chi connectivity index (χ0n) is 13.6. The molecule has 0 radical (unpaired) electrons. The smallest absolute Gasteiger partial charge is 0.335 e. The molecule has 2 aliphatic heterocycles. The van der Waals surface area contributed by atoms with Gasteiger partial charge in [-0.2, -0.15) is 0 Å². The van der Waals surface area contributed by atoms with Crippen LogP contribution in [0.15, 0.2) is 24.3 Å². The van der Waals surface area contributed by atoms with Crippen LogP contribution in [0.2, 0.25) is 0 Å². The summed E-state index contributed by atoms with van der Waals surface area (Å²) in [4.78, 5) is 39.2. The topological polar surface area (TPSA) is 77.9 Å². The number of amides is 2. The van der Waals surface area contributed by atoms with Crippen molar-refractivity contribution in [2.75, 3.05) is 26.2 Å². The molecule has 1 aromatic carbocycles. The van der Waals surface area contributed by atoms with E-state index in [1.807, 2.05) is 6.07 Å². The number of likely N-dealkylation sites (tertiary alicyclic amines) is 2. The molecule has 0 spiro atoms. The van der Waals surface area contributed by atoms with Gasteiger partial charge in [0.15, 0.2) is 0 Å². The number of aromatic carboxylic acids is 1. The van der Waals surface area contributed by atoms with Crippen LogP contribution in [0.3, 0.4) is 0 Å². The number of carboxylic acids is 1. The Morgan fingerprint density at radius 1 is 0.958 bits per heavy atom. The summed E-state index contributed by atoms with van der Waals surface area (Å²) in [5.74, 6) is -1.69. The summed E-state index contributed by atoms with van der Waals surface area (Å²) in [6, 6.07) is 6.86. The molecule has 6 heteroatoms. The first kappa shape index (κ1) is 16.5. The summed E-state index contributed by atoms with van der Waals surface area (Å²) in [6.45, 7) is 2.40. The van der Waals surface area contributed by atoms with Crippen molar-refractivity contribution in [2.45, 2.75) is 31.6 Å². The maximum absolute atomic E-state index is 12.5. The highest BCUT2D eigenvalue weighted by Crippen LogP contribution is 2.28.